The number of ketones is 2. The molecule has 44 heavy (non-hydrogen) atoms. The molecule has 2 heterocycles. The fraction of sp³-hybridized carbons (Fsp3) is 0.310. The molecule has 2 aromatic rings. The normalized spacial score (nSPS) is 24.5. The minimum atomic E-state index is -1.02. The van der Waals surface area contributed by atoms with Crippen molar-refractivity contribution in [1.82, 2.24) is 0 Å². The maximum atomic E-state index is 14.1. The largest absolute Gasteiger partial charge is 0.463 e. The van der Waals surface area contributed by atoms with Crippen LogP contribution in [0.25, 0.3) is 0 Å². The van der Waals surface area contributed by atoms with Gasteiger partial charge in [-0.3, -0.25) is 39.4 Å². The SMILES string of the molecule is CN(C)c1c([N+](=O)[O-])cc(N2C(=O)C3CC=C4C(c5ccc(CO)o5)C5=C(CC4C3C2=O)C(=O)C(Br)=CC5=O)cc1[N+](=O)[O-]. The number of anilines is 2. The smallest absolute Gasteiger partial charge is 0.301 e. The molecule has 0 spiro atoms. The second-order valence-corrected chi connectivity index (χ2v) is 12.0. The Labute approximate surface area is 256 Å². The first kappa shape index (κ1) is 29.3. The van der Waals surface area contributed by atoms with Crippen molar-refractivity contribution < 1.29 is 38.5 Å². The van der Waals surface area contributed by atoms with Crippen LogP contribution in [-0.4, -0.2) is 52.4 Å². The van der Waals surface area contributed by atoms with Crippen LogP contribution in [0, 0.1) is 38.0 Å². The summed E-state index contributed by atoms with van der Waals surface area (Å²) in [4.78, 5) is 78.7. The predicted octanol–water partition coefficient (Wildman–Crippen LogP) is 3.62. The Kier molecular flexibility index (Phi) is 6.96. The first-order valence-electron chi connectivity index (χ1n) is 13.5. The zero-order chi connectivity index (χ0) is 31.8. The minimum Gasteiger partial charge on any atom is -0.463 e. The van der Waals surface area contributed by atoms with Gasteiger partial charge in [-0.1, -0.05) is 11.6 Å². The van der Waals surface area contributed by atoms with E-state index in [1.54, 1.807) is 12.1 Å². The number of rotatable bonds is 6. The molecule has 1 N–H and O–H groups in total. The third-order valence-corrected chi connectivity index (χ3v) is 9.20. The van der Waals surface area contributed by atoms with E-state index in [9.17, 15) is 44.5 Å². The fourth-order valence-electron chi connectivity index (χ4n) is 6.88. The number of halogens is 1. The molecule has 0 bridgehead atoms. The maximum Gasteiger partial charge on any atom is 0.301 e. The van der Waals surface area contributed by atoms with E-state index in [-0.39, 0.29) is 51.4 Å². The van der Waals surface area contributed by atoms with Crippen molar-refractivity contribution in [2.45, 2.75) is 25.4 Å². The van der Waals surface area contributed by atoms with E-state index in [0.717, 1.165) is 17.0 Å². The molecule has 0 saturated carbocycles. The third kappa shape index (κ3) is 4.25. The lowest BCUT2D eigenvalue weighted by molar-refractivity contribution is -0.392. The number of carbonyl (C=O) groups is 4. The Morgan fingerprint density at radius 1 is 1.05 bits per heavy atom. The highest BCUT2D eigenvalue weighted by Crippen LogP contribution is 2.56. The van der Waals surface area contributed by atoms with Gasteiger partial charge in [0, 0.05) is 43.5 Å². The molecule has 1 fully saturated rings. The summed E-state index contributed by atoms with van der Waals surface area (Å²) in [5, 5.41) is 33.5. The summed E-state index contributed by atoms with van der Waals surface area (Å²) >= 11 is 3.15. The number of aliphatic hydroxyl groups is 1. The highest BCUT2D eigenvalue weighted by molar-refractivity contribution is 9.12. The summed E-state index contributed by atoms with van der Waals surface area (Å²) in [7, 11) is 2.80. The van der Waals surface area contributed by atoms with E-state index in [0.29, 0.717) is 5.57 Å². The first-order chi connectivity index (χ1) is 20.8. The van der Waals surface area contributed by atoms with E-state index in [2.05, 4.69) is 15.9 Å². The molecule has 1 aromatic carbocycles. The van der Waals surface area contributed by atoms with Gasteiger partial charge in [-0.15, -0.1) is 0 Å². The molecular formula is C29H23BrN4O10. The zero-order valence-electron chi connectivity index (χ0n) is 23.2. The molecule has 4 atom stereocenters. The number of nitrogens with zero attached hydrogens (tertiary/aromatic N) is 4. The van der Waals surface area contributed by atoms with Crippen LogP contribution >= 0.6 is 15.9 Å². The average molecular weight is 667 g/mol. The minimum absolute atomic E-state index is 0.0351. The Hall–Kier alpha value is -4.76. The molecule has 226 valence electrons. The first-order valence-corrected chi connectivity index (χ1v) is 14.3. The Morgan fingerprint density at radius 3 is 2.27 bits per heavy atom. The zero-order valence-corrected chi connectivity index (χ0v) is 24.8. The Morgan fingerprint density at radius 2 is 1.70 bits per heavy atom. The van der Waals surface area contributed by atoms with Crippen LogP contribution in [0.1, 0.15) is 30.3 Å². The van der Waals surface area contributed by atoms with E-state index < -0.39 is 74.9 Å². The van der Waals surface area contributed by atoms with Crippen LogP contribution in [0.4, 0.5) is 22.7 Å². The van der Waals surface area contributed by atoms with Crippen LogP contribution in [0.5, 0.6) is 0 Å². The second kappa shape index (κ2) is 10.4. The van der Waals surface area contributed by atoms with Gasteiger partial charge in [-0.2, -0.15) is 0 Å². The molecule has 15 heteroatoms. The summed E-state index contributed by atoms with van der Waals surface area (Å²) in [5.74, 6) is -5.29. The van der Waals surface area contributed by atoms with Crippen molar-refractivity contribution in [3.63, 3.8) is 0 Å². The number of allylic oxidation sites excluding steroid dienone is 6. The van der Waals surface area contributed by atoms with Crippen molar-refractivity contribution in [3.05, 3.63) is 89.4 Å². The Bertz CT molecular complexity index is 1780. The number of furan rings is 1. The lowest BCUT2D eigenvalue weighted by atomic mass is 9.60. The monoisotopic (exact) mass is 666 g/mol. The number of nitro groups is 2. The molecule has 1 saturated heterocycles. The van der Waals surface area contributed by atoms with E-state index in [1.165, 1.54) is 31.1 Å². The van der Waals surface area contributed by atoms with Gasteiger partial charge in [0.2, 0.25) is 11.8 Å². The molecule has 4 unspecified atom stereocenters. The standard InChI is InChI=1S/C29H23BrN4O10/c1-31(2)26-19(33(40)41)7-12(8-20(26)34(42)43)32-28(38)15-5-4-14-16(23(15)29(32)39)9-17-24(21(36)10-18(30)27(17)37)25(14)22-6-3-13(11-35)44-22/h3-4,6-8,10,15-16,23,25,35H,5,9,11H2,1-2H3. The van der Waals surface area contributed by atoms with Crippen molar-refractivity contribution in [1.29, 1.82) is 0 Å². The van der Waals surface area contributed by atoms with Gasteiger partial charge in [-0.25, -0.2) is 4.90 Å². The van der Waals surface area contributed by atoms with Crippen LogP contribution in [0.2, 0.25) is 0 Å². The summed E-state index contributed by atoms with van der Waals surface area (Å²) in [6.45, 7) is -0.406. The van der Waals surface area contributed by atoms with Crippen molar-refractivity contribution in [3.8, 4) is 0 Å². The molecule has 1 aromatic heterocycles. The number of imide groups is 1. The van der Waals surface area contributed by atoms with E-state index in [4.69, 9.17) is 4.42 Å². The van der Waals surface area contributed by atoms with Crippen LogP contribution in [0.3, 0.4) is 0 Å². The number of hydrogen-bond acceptors (Lipinski definition) is 11. The molecule has 2 amide bonds. The van der Waals surface area contributed by atoms with Crippen molar-refractivity contribution >= 4 is 62.1 Å². The van der Waals surface area contributed by atoms with Gasteiger partial charge in [-0.05, 0) is 46.8 Å². The summed E-state index contributed by atoms with van der Waals surface area (Å²) in [6, 6.07) is 5.06. The summed E-state index contributed by atoms with van der Waals surface area (Å²) < 4.78 is 5.86. The number of aliphatic hydroxyl groups excluding tert-OH is 1. The lowest BCUT2D eigenvalue weighted by Gasteiger charge is -2.41. The molecule has 0 radical (unpaired) electrons. The van der Waals surface area contributed by atoms with E-state index >= 15 is 0 Å². The fourth-order valence-corrected chi connectivity index (χ4v) is 7.33. The number of carbonyl (C=O) groups excluding carboxylic acids is 4. The summed E-state index contributed by atoms with van der Waals surface area (Å²) in [5.41, 5.74) is -0.946. The van der Waals surface area contributed by atoms with E-state index in [1.807, 2.05) is 0 Å². The molecule has 14 nitrogen and oxygen atoms in total. The number of amides is 2. The topological polar surface area (TPSA) is 194 Å². The van der Waals surface area contributed by atoms with Crippen LogP contribution in [-0.2, 0) is 25.8 Å². The van der Waals surface area contributed by atoms with Gasteiger partial charge in [0.1, 0.15) is 18.1 Å². The molecular weight excluding hydrogens is 644 g/mol. The van der Waals surface area contributed by atoms with Gasteiger partial charge >= 0.3 is 11.4 Å². The van der Waals surface area contributed by atoms with Crippen molar-refractivity contribution in [2.24, 2.45) is 17.8 Å². The van der Waals surface area contributed by atoms with Crippen LogP contribution in [0.15, 0.2) is 62.0 Å². The molecule has 3 aliphatic carbocycles. The second-order valence-electron chi connectivity index (χ2n) is 11.1. The molecule has 6 rings (SSSR count). The van der Waals surface area contributed by atoms with Gasteiger partial charge in [0.15, 0.2) is 17.3 Å². The summed E-state index contributed by atoms with van der Waals surface area (Å²) in [6.07, 6.45) is 2.97. The van der Waals surface area contributed by atoms with Gasteiger partial charge in [0.25, 0.3) is 0 Å². The Balaban J connectivity index is 1.47. The maximum absolute atomic E-state index is 14.1. The number of Topliss-reactive ketones (excluding diaryl/α,β-unsaturated/α-hetero) is 1. The molecule has 1 aliphatic heterocycles. The van der Waals surface area contributed by atoms with Gasteiger partial charge in [0.05, 0.1) is 37.8 Å². The number of fused-ring (bicyclic) bond motifs is 3. The third-order valence-electron chi connectivity index (χ3n) is 8.61. The van der Waals surface area contributed by atoms with Gasteiger partial charge < -0.3 is 14.4 Å². The highest BCUT2D eigenvalue weighted by atomic mass is 79.9. The predicted molar refractivity (Wildman–Crippen MR) is 156 cm³/mol. The average Bonchev–Trinajstić information content (AvgIpc) is 3.56. The number of benzene rings is 1. The number of hydrogen-bond donors (Lipinski definition) is 1. The van der Waals surface area contributed by atoms with Crippen LogP contribution < -0.4 is 9.80 Å². The lowest BCUT2D eigenvalue weighted by Crippen LogP contribution is -2.39. The number of nitro benzene ring substituents is 2. The highest BCUT2D eigenvalue weighted by Gasteiger charge is 2.57. The quantitative estimate of drug-likeness (QED) is 0.155. The van der Waals surface area contributed by atoms with Crippen molar-refractivity contribution in [2.75, 3.05) is 23.9 Å². The molecule has 4 aliphatic rings.